The van der Waals surface area contributed by atoms with Gasteiger partial charge in [-0.25, -0.2) is 0 Å². The second kappa shape index (κ2) is 5.92. The lowest BCUT2D eigenvalue weighted by Crippen LogP contribution is -2.21. The first-order valence-corrected chi connectivity index (χ1v) is 7.49. The monoisotopic (exact) mass is 303 g/mol. The van der Waals surface area contributed by atoms with Crippen molar-refractivity contribution in [1.29, 1.82) is 0 Å². The zero-order chi connectivity index (χ0) is 14.8. The summed E-state index contributed by atoms with van der Waals surface area (Å²) in [6.07, 6.45) is 2.70. The highest BCUT2D eigenvalue weighted by Crippen LogP contribution is 2.31. The Hall–Kier alpha value is -1.78. The van der Waals surface area contributed by atoms with Gasteiger partial charge in [-0.05, 0) is 25.6 Å². The van der Waals surface area contributed by atoms with Crippen molar-refractivity contribution in [3.05, 3.63) is 53.0 Å². The minimum Gasteiger partial charge on any atom is -0.459 e. The Morgan fingerprint density at radius 1 is 1.38 bits per heavy atom. The van der Waals surface area contributed by atoms with Crippen LogP contribution in [0.5, 0.6) is 0 Å². The Morgan fingerprint density at radius 3 is 2.90 bits per heavy atom. The Morgan fingerprint density at radius 2 is 2.19 bits per heavy atom. The molecule has 2 aromatic heterocycles. The number of benzene rings is 1. The maximum Gasteiger partial charge on any atom is 0.134 e. The average Bonchev–Trinajstić information content (AvgIpc) is 3.06. The second-order valence-corrected chi connectivity index (χ2v) is 5.42. The number of nitrogens with one attached hydrogen (secondary N) is 1. The number of fused-ring (bicyclic) bond motifs is 1. The van der Waals surface area contributed by atoms with Crippen LogP contribution in [0.3, 0.4) is 0 Å². The normalized spacial score (nSPS) is 12.9. The highest BCUT2D eigenvalue weighted by atomic mass is 35.5. The number of aromatic nitrogens is 2. The molecule has 0 spiro atoms. The molecule has 21 heavy (non-hydrogen) atoms. The third-order valence-corrected chi connectivity index (χ3v) is 3.85. The number of para-hydroxylation sites is 1. The maximum absolute atomic E-state index is 6.34. The van der Waals surface area contributed by atoms with Gasteiger partial charge in [-0.2, -0.15) is 5.10 Å². The van der Waals surface area contributed by atoms with Gasteiger partial charge in [0.15, 0.2) is 0 Å². The number of aryl methyl sites for hydroxylation is 1. The Bertz CT molecular complexity index is 714. The summed E-state index contributed by atoms with van der Waals surface area (Å²) in [5.41, 5.74) is 1.82. The molecule has 1 N–H and O–H groups in total. The van der Waals surface area contributed by atoms with Gasteiger partial charge in [-0.1, -0.05) is 36.7 Å². The van der Waals surface area contributed by atoms with Crippen LogP contribution >= 0.6 is 11.6 Å². The van der Waals surface area contributed by atoms with Gasteiger partial charge in [0, 0.05) is 11.9 Å². The minimum atomic E-state index is -0.112. The molecule has 0 saturated carbocycles. The van der Waals surface area contributed by atoms with Crippen LogP contribution in [0.4, 0.5) is 0 Å². The molecule has 3 aromatic rings. The van der Waals surface area contributed by atoms with Gasteiger partial charge in [0.1, 0.15) is 17.4 Å². The summed E-state index contributed by atoms with van der Waals surface area (Å²) in [5.74, 6) is 0.846. The molecular formula is C16H18ClN3O. The lowest BCUT2D eigenvalue weighted by atomic mass is 10.1. The Balaban J connectivity index is 2.07. The summed E-state index contributed by atoms with van der Waals surface area (Å²) in [4.78, 5) is 0. The first-order chi connectivity index (χ1) is 10.2. The molecule has 5 heteroatoms. The summed E-state index contributed by atoms with van der Waals surface area (Å²) < 4.78 is 7.91. The van der Waals surface area contributed by atoms with Gasteiger partial charge in [0.25, 0.3) is 0 Å². The van der Waals surface area contributed by atoms with Crippen molar-refractivity contribution in [3.63, 3.8) is 0 Å². The highest BCUT2D eigenvalue weighted by Gasteiger charge is 2.23. The van der Waals surface area contributed by atoms with Crippen molar-refractivity contribution in [2.24, 2.45) is 0 Å². The lowest BCUT2D eigenvalue weighted by Gasteiger charge is -2.16. The highest BCUT2D eigenvalue weighted by molar-refractivity contribution is 6.31. The summed E-state index contributed by atoms with van der Waals surface area (Å²) >= 11 is 6.34. The number of hydrogen-bond acceptors (Lipinski definition) is 3. The molecule has 0 bridgehead atoms. The van der Waals surface area contributed by atoms with E-state index in [4.69, 9.17) is 16.0 Å². The van der Waals surface area contributed by atoms with E-state index in [9.17, 15) is 0 Å². The molecule has 3 rings (SSSR count). The lowest BCUT2D eigenvalue weighted by molar-refractivity contribution is 0.459. The summed E-state index contributed by atoms with van der Waals surface area (Å²) in [7, 11) is 1.90. The number of hydrogen-bond donors (Lipinski definition) is 1. The van der Waals surface area contributed by atoms with Crippen molar-refractivity contribution < 1.29 is 4.42 Å². The van der Waals surface area contributed by atoms with Gasteiger partial charge >= 0.3 is 0 Å². The minimum absolute atomic E-state index is 0.112. The van der Waals surface area contributed by atoms with Crippen molar-refractivity contribution in [3.8, 4) is 0 Å². The summed E-state index contributed by atoms with van der Waals surface area (Å²) in [5, 5.41) is 9.38. The maximum atomic E-state index is 6.34. The molecule has 0 aliphatic carbocycles. The first-order valence-electron chi connectivity index (χ1n) is 7.11. The van der Waals surface area contributed by atoms with E-state index in [1.165, 1.54) is 0 Å². The number of halogens is 1. The van der Waals surface area contributed by atoms with E-state index in [1.54, 1.807) is 6.20 Å². The Labute approximate surface area is 128 Å². The molecule has 0 aliphatic heterocycles. The van der Waals surface area contributed by atoms with E-state index in [-0.39, 0.29) is 6.04 Å². The van der Waals surface area contributed by atoms with Crippen LogP contribution in [0.1, 0.15) is 30.8 Å². The molecule has 4 nitrogen and oxygen atoms in total. The van der Waals surface area contributed by atoms with E-state index < -0.39 is 0 Å². The fourth-order valence-corrected chi connectivity index (χ4v) is 2.86. The van der Waals surface area contributed by atoms with Crippen LogP contribution in [0.25, 0.3) is 11.0 Å². The van der Waals surface area contributed by atoms with Gasteiger partial charge in [-0.3, -0.25) is 4.68 Å². The first kappa shape index (κ1) is 14.2. The molecule has 0 fully saturated rings. The van der Waals surface area contributed by atoms with Crippen molar-refractivity contribution >= 4 is 22.6 Å². The average molecular weight is 304 g/mol. The number of rotatable bonds is 5. The SMILES string of the molecule is CCCn1ncc(Cl)c1C(NC)c1cc2ccccc2o1. The van der Waals surface area contributed by atoms with Gasteiger partial charge in [0.2, 0.25) is 0 Å². The van der Waals surface area contributed by atoms with Crippen LogP contribution in [-0.2, 0) is 6.54 Å². The van der Waals surface area contributed by atoms with Crippen molar-refractivity contribution in [1.82, 2.24) is 15.1 Å². The molecular weight excluding hydrogens is 286 g/mol. The molecule has 0 amide bonds. The van der Waals surface area contributed by atoms with Crippen LogP contribution in [0, 0.1) is 0 Å². The van der Waals surface area contributed by atoms with Crippen LogP contribution in [-0.4, -0.2) is 16.8 Å². The topological polar surface area (TPSA) is 43.0 Å². The smallest absolute Gasteiger partial charge is 0.134 e. The molecule has 2 heterocycles. The van der Waals surface area contributed by atoms with Crippen LogP contribution in [0.15, 0.2) is 40.9 Å². The molecule has 110 valence electrons. The summed E-state index contributed by atoms with van der Waals surface area (Å²) in [6, 6.07) is 9.92. The quantitative estimate of drug-likeness (QED) is 0.774. The molecule has 1 aromatic carbocycles. The standard InChI is InChI=1S/C16H18ClN3O/c1-3-8-20-16(12(17)10-19-20)15(18-2)14-9-11-6-4-5-7-13(11)21-14/h4-7,9-10,15,18H,3,8H2,1-2H3. The van der Waals surface area contributed by atoms with Gasteiger partial charge in [-0.15, -0.1) is 0 Å². The van der Waals surface area contributed by atoms with E-state index >= 15 is 0 Å². The van der Waals surface area contributed by atoms with Gasteiger partial charge in [0.05, 0.1) is 16.9 Å². The molecule has 1 unspecified atom stereocenters. The zero-order valence-electron chi connectivity index (χ0n) is 12.1. The third kappa shape index (κ3) is 2.57. The fourth-order valence-electron chi connectivity index (χ4n) is 2.61. The second-order valence-electron chi connectivity index (χ2n) is 5.01. The number of furan rings is 1. The van der Waals surface area contributed by atoms with Gasteiger partial charge < -0.3 is 9.73 Å². The van der Waals surface area contributed by atoms with E-state index in [0.29, 0.717) is 5.02 Å². The fraction of sp³-hybridized carbons (Fsp3) is 0.312. The zero-order valence-corrected chi connectivity index (χ0v) is 12.9. The van der Waals surface area contributed by atoms with Crippen LogP contribution in [0.2, 0.25) is 5.02 Å². The van der Waals surface area contributed by atoms with Crippen molar-refractivity contribution in [2.75, 3.05) is 7.05 Å². The predicted octanol–water partition coefficient (Wildman–Crippen LogP) is 4.00. The van der Waals surface area contributed by atoms with E-state index in [1.807, 2.05) is 36.0 Å². The summed E-state index contributed by atoms with van der Waals surface area (Å²) in [6.45, 7) is 2.95. The largest absolute Gasteiger partial charge is 0.459 e. The van der Waals surface area contributed by atoms with E-state index in [2.05, 4.69) is 23.4 Å². The Kier molecular flexibility index (Phi) is 3.99. The van der Waals surface area contributed by atoms with Crippen molar-refractivity contribution in [2.45, 2.75) is 25.9 Å². The molecule has 0 radical (unpaired) electrons. The molecule has 0 aliphatic rings. The molecule has 1 atom stereocenters. The van der Waals surface area contributed by atoms with Crippen LogP contribution < -0.4 is 5.32 Å². The predicted molar refractivity (Wildman–Crippen MR) is 84.6 cm³/mol. The number of nitrogens with zero attached hydrogens (tertiary/aromatic N) is 2. The third-order valence-electron chi connectivity index (χ3n) is 3.56. The molecule has 0 saturated heterocycles. The van der Waals surface area contributed by atoms with E-state index in [0.717, 1.165) is 35.4 Å².